The second kappa shape index (κ2) is 3.88. The first-order valence-corrected chi connectivity index (χ1v) is 6.02. The number of methoxy groups -OCH3 is 1. The average molecular weight is 216 g/mol. The highest BCUT2D eigenvalue weighted by Gasteiger charge is 2.07. The lowest BCUT2D eigenvalue weighted by molar-refractivity contribution is 0.373. The normalized spacial score (nSPS) is 11.3. The van der Waals surface area contributed by atoms with E-state index in [0.717, 1.165) is 6.26 Å². The van der Waals surface area contributed by atoms with E-state index in [1.807, 2.05) is 0 Å². The number of hydrogen-bond acceptors (Lipinski definition) is 4. The summed E-state index contributed by atoms with van der Waals surface area (Å²) in [7, 11) is -1.63. The van der Waals surface area contributed by atoms with Crippen LogP contribution < -0.4 is 4.74 Å². The summed E-state index contributed by atoms with van der Waals surface area (Å²) in [5.41, 5.74) is 0.547. The van der Waals surface area contributed by atoms with Gasteiger partial charge in [-0.3, -0.25) is 0 Å². The van der Waals surface area contributed by atoms with E-state index in [1.54, 1.807) is 6.07 Å². The van der Waals surface area contributed by atoms with Gasteiger partial charge >= 0.3 is 0 Å². The Kier molecular flexibility index (Phi) is 3.00. The number of hydrogen-bond donors (Lipinski definition) is 1. The van der Waals surface area contributed by atoms with Gasteiger partial charge in [-0.1, -0.05) is 6.07 Å². The minimum Gasteiger partial charge on any atom is -0.504 e. The highest BCUT2D eigenvalue weighted by molar-refractivity contribution is 7.89. The molecular formula is C9H12O4S. The molecule has 4 nitrogen and oxygen atoms in total. The molecule has 0 aliphatic heterocycles. The van der Waals surface area contributed by atoms with Crippen molar-refractivity contribution in [3.8, 4) is 11.5 Å². The molecule has 0 aromatic heterocycles. The Morgan fingerprint density at radius 1 is 1.43 bits per heavy atom. The number of phenols is 1. The maximum absolute atomic E-state index is 11.0. The zero-order valence-corrected chi connectivity index (χ0v) is 8.84. The van der Waals surface area contributed by atoms with Crippen molar-refractivity contribution in [2.24, 2.45) is 0 Å². The summed E-state index contributed by atoms with van der Waals surface area (Å²) in [6.07, 6.45) is 1.15. The lowest BCUT2D eigenvalue weighted by Gasteiger charge is -2.05. The second-order valence-electron chi connectivity index (χ2n) is 3.08. The summed E-state index contributed by atoms with van der Waals surface area (Å²) in [5.74, 6) is 0.209. The van der Waals surface area contributed by atoms with Crippen LogP contribution in [0.3, 0.4) is 0 Å². The van der Waals surface area contributed by atoms with Crippen molar-refractivity contribution >= 4 is 9.84 Å². The van der Waals surface area contributed by atoms with Crippen molar-refractivity contribution in [2.75, 3.05) is 13.4 Å². The predicted molar refractivity (Wildman–Crippen MR) is 53.2 cm³/mol. The van der Waals surface area contributed by atoms with Gasteiger partial charge in [0.05, 0.1) is 12.9 Å². The van der Waals surface area contributed by atoms with E-state index in [-0.39, 0.29) is 11.5 Å². The monoisotopic (exact) mass is 216 g/mol. The molecule has 0 aliphatic carbocycles. The molecule has 0 saturated carbocycles. The highest BCUT2D eigenvalue weighted by Crippen LogP contribution is 2.26. The fourth-order valence-electron chi connectivity index (χ4n) is 1.13. The van der Waals surface area contributed by atoms with E-state index in [4.69, 9.17) is 4.74 Å². The van der Waals surface area contributed by atoms with E-state index in [1.165, 1.54) is 19.2 Å². The van der Waals surface area contributed by atoms with Crippen LogP contribution in [0.4, 0.5) is 0 Å². The van der Waals surface area contributed by atoms with E-state index in [9.17, 15) is 13.5 Å². The number of benzene rings is 1. The van der Waals surface area contributed by atoms with Crippen molar-refractivity contribution in [1.82, 2.24) is 0 Å². The van der Waals surface area contributed by atoms with Crippen LogP contribution in [0, 0.1) is 0 Å². The Morgan fingerprint density at radius 3 is 2.50 bits per heavy atom. The summed E-state index contributed by atoms with van der Waals surface area (Å²) < 4.78 is 26.7. The van der Waals surface area contributed by atoms with Crippen molar-refractivity contribution in [1.29, 1.82) is 0 Å². The van der Waals surface area contributed by atoms with Gasteiger partial charge in [-0.15, -0.1) is 0 Å². The molecule has 0 radical (unpaired) electrons. The van der Waals surface area contributed by atoms with Crippen LogP contribution in [-0.2, 0) is 15.6 Å². The van der Waals surface area contributed by atoms with Crippen LogP contribution in [-0.4, -0.2) is 26.9 Å². The van der Waals surface area contributed by atoms with E-state index in [0.29, 0.717) is 11.3 Å². The molecule has 1 rings (SSSR count). The van der Waals surface area contributed by atoms with Crippen molar-refractivity contribution in [3.05, 3.63) is 23.8 Å². The molecule has 5 heteroatoms. The molecule has 0 saturated heterocycles. The maximum atomic E-state index is 11.0. The molecule has 0 bridgehead atoms. The van der Waals surface area contributed by atoms with Crippen LogP contribution in [0.15, 0.2) is 18.2 Å². The van der Waals surface area contributed by atoms with Crippen LogP contribution in [0.25, 0.3) is 0 Å². The molecule has 1 aromatic carbocycles. The Hall–Kier alpha value is -1.23. The second-order valence-corrected chi connectivity index (χ2v) is 5.22. The lowest BCUT2D eigenvalue weighted by Crippen LogP contribution is -2.00. The Bertz CT molecular complexity index is 422. The van der Waals surface area contributed by atoms with Gasteiger partial charge in [-0.2, -0.15) is 0 Å². The molecule has 78 valence electrons. The van der Waals surface area contributed by atoms with Crippen molar-refractivity contribution < 1.29 is 18.3 Å². The van der Waals surface area contributed by atoms with E-state index < -0.39 is 9.84 Å². The third-order valence-corrected chi connectivity index (χ3v) is 2.53. The van der Waals surface area contributed by atoms with Gasteiger partial charge in [0.25, 0.3) is 0 Å². The van der Waals surface area contributed by atoms with Crippen LogP contribution in [0.5, 0.6) is 11.5 Å². The van der Waals surface area contributed by atoms with E-state index >= 15 is 0 Å². The SMILES string of the molecule is COc1ccc(CS(C)(=O)=O)cc1O. The van der Waals surface area contributed by atoms with Crippen molar-refractivity contribution in [2.45, 2.75) is 5.75 Å². The fraction of sp³-hybridized carbons (Fsp3) is 0.333. The van der Waals surface area contributed by atoms with Gasteiger partial charge in [-0.05, 0) is 17.7 Å². The molecule has 0 amide bonds. The Balaban J connectivity index is 2.98. The predicted octanol–water partition coefficient (Wildman–Crippen LogP) is 0.945. The molecule has 0 atom stereocenters. The number of phenolic OH excluding ortho intramolecular Hbond substituents is 1. The van der Waals surface area contributed by atoms with Gasteiger partial charge in [0, 0.05) is 6.26 Å². The van der Waals surface area contributed by atoms with Crippen molar-refractivity contribution in [3.63, 3.8) is 0 Å². The zero-order valence-electron chi connectivity index (χ0n) is 8.02. The molecule has 0 unspecified atom stereocenters. The molecule has 0 spiro atoms. The minimum absolute atomic E-state index is 0.0475. The average Bonchev–Trinajstić information content (AvgIpc) is 2.01. The van der Waals surface area contributed by atoms with Crippen LogP contribution >= 0.6 is 0 Å². The molecule has 1 N–H and O–H groups in total. The smallest absolute Gasteiger partial charge is 0.160 e. The number of ether oxygens (including phenoxy) is 1. The molecule has 0 fully saturated rings. The zero-order chi connectivity index (χ0) is 10.8. The largest absolute Gasteiger partial charge is 0.504 e. The Morgan fingerprint density at radius 2 is 2.07 bits per heavy atom. The topological polar surface area (TPSA) is 63.6 Å². The van der Waals surface area contributed by atoms with Gasteiger partial charge in [0.1, 0.15) is 0 Å². The molecular weight excluding hydrogens is 204 g/mol. The van der Waals surface area contributed by atoms with Gasteiger partial charge < -0.3 is 9.84 Å². The summed E-state index contributed by atoms with van der Waals surface area (Å²) in [4.78, 5) is 0. The standard InChI is InChI=1S/C9H12O4S/c1-13-9-4-3-7(5-8(9)10)6-14(2,11)12/h3-5,10H,6H2,1-2H3. The molecule has 0 aliphatic rings. The first-order valence-electron chi connectivity index (χ1n) is 3.96. The van der Waals surface area contributed by atoms with Gasteiger partial charge in [0.15, 0.2) is 21.3 Å². The first-order chi connectivity index (χ1) is 6.42. The van der Waals surface area contributed by atoms with Gasteiger partial charge in [0.2, 0.25) is 0 Å². The molecule has 0 heterocycles. The van der Waals surface area contributed by atoms with Crippen LogP contribution in [0.2, 0.25) is 0 Å². The Labute approximate surface area is 83.1 Å². The van der Waals surface area contributed by atoms with E-state index in [2.05, 4.69) is 0 Å². The maximum Gasteiger partial charge on any atom is 0.160 e. The summed E-state index contributed by atoms with van der Waals surface area (Å²) >= 11 is 0. The number of sulfone groups is 1. The minimum atomic E-state index is -3.07. The van der Waals surface area contributed by atoms with Gasteiger partial charge in [-0.25, -0.2) is 8.42 Å². The third kappa shape index (κ3) is 2.92. The fourth-order valence-corrected chi connectivity index (χ4v) is 1.91. The quantitative estimate of drug-likeness (QED) is 0.817. The van der Waals surface area contributed by atoms with Crippen LogP contribution in [0.1, 0.15) is 5.56 Å². The first kappa shape index (κ1) is 10.8. The number of aromatic hydroxyl groups is 1. The summed E-state index contributed by atoms with van der Waals surface area (Å²) in [6.45, 7) is 0. The highest BCUT2D eigenvalue weighted by atomic mass is 32.2. The summed E-state index contributed by atoms with van der Waals surface area (Å²) in [6, 6.07) is 4.54. The summed E-state index contributed by atoms with van der Waals surface area (Å²) in [5, 5.41) is 9.37. The molecule has 1 aromatic rings. The third-order valence-electron chi connectivity index (χ3n) is 1.67. The molecule has 14 heavy (non-hydrogen) atoms. The lowest BCUT2D eigenvalue weighted by atomic mass is 10.2. The number of rotatable bonds is 3.